The summed E-state index contributed by atoms with van der Waals surface area (Å²) in [6.45, 7) is 3.04. The van der Waals surface area contributed by atoms with Gasteiger partial charge >= 0.3 is 0 Å². The molecule has 0 aromatic carbocycles. The molecule has 0 radical (unpaired) electrons. The summed E-state index contributed by atoms with van der Waals surface area (Å²) >= 11 is 0. The van der Waals surface area contributed by atoms with E-state index in [9.17, 15) is 4.39 Å². The highest BCUT2D eigenvalue weighted by Gasteiger charge is 2.24. The van der Waals surface area contributed by atoms with Gasteiger partial charge in [0.05, 0.1) is 5.69 Å². The number of aryl methyl sites for hydroxylation is 1. The molecule has 5 heteroatoms. The summed E-state index contributed by atoms with van der Waals surface area (Å²) in [6, 6.07) is 0.196. The van der Waals surface area contributed by atoms with E-state index in [1.165, 1.54) is 12.7 Å². The standard InChI is InChI=1S/C12H19FN4/c1-9-11(13)12(16-8-15-9)17-6-4-2-3-5-10(17)7-14/h8,10H,2-7,14H2,1H3. The molecule has 0 aliphatic carbocycles. The highest BCUT2D eigenvalue weighted by Crippen LogP contribution is 2.24. The Balaban J connectivity index is 2.31. The van der Waals surface area contributed by atoms with Gasteiger partial charge in [-0.05, 0) is 19.8 Å². The van der Waals surface area contributed by atoms with E-state index in [0.717, 1.165) is 25.8 Å². The number of aromatic nitrogens is 2. The van der Waals surface area contributed by atoms with E-state index in [4.69, 9.17) is 5.73 Å². The molecule has 17 heavy (non-hydrogen) atoms. The van der Waals surface area contributed by atoms with Crippen LogP contribution in [0.25, 0.3) is 0 Å². The molecule has 1 fully saturated rings. The highest BCUT2D eigenvalue weighted by atomic mass is 19.1. The van der Waals surface area contributed by atoms with Crippen molar-refractivity contribution in [1.82, 2.24) is 9.97 Å². The summed E-state index contributed by atoms with van der Waals surface area (Å²) in [7, 11) is 0. The molecule has 1 saturated heterocycles. The zero-order chi connectivity index (χ0) is 12.3. The van der Waals surface area contributed by atoms with Crippen LogP contribution in [0.4, 0.5) is 10.2 Å². The number of nitrogens with two attached hydrogens (primary N) is 1. The van der Waals surface area contributed by atoms with Gasteiger partial charge < -0.3 is 10.6 Å². The van der Waals surface area contributed by atoms with E-state index in [1.54, 1.807) is 6.92 Å². The van der Waals surface area contributed by atoms with Crippen molar-refractivity contribution in [3.63, 3.8) is 0 Å². The lowest BCUT2D eigenvalue weighted by atomic mass is 10.1. The number of hydrogen-bond donors (Lipinski definition) is 1. The van der Waals surface area contributed by atoms with Crippen LogP contribution in [-0.4, -0.2) is 29.1 Å². The quantitative estimate of drug-likeness (QED) is 0.851. The topological polar surface area (TPSA) is 55.0 Å². The second kappa shape index (κ2) is 5.40. The Kier molecular flexibility index (Phi) is 3.89. The summed E-state index contributed by atoms with van der Waals surface area (Å²) in [5.41, 5.74) is 6.18. The fourth-order valence-electron chi connectivity index (χ4n) is 2.35. The van der Waals surface area contributed by atoms with Crippen LogP contribution in [-0.2, 0) is 0 Å². The number of rotatable bonds is 2. The fraction of sp³-hybridized carbons (Fsp3) is 0.667. The first kappa shape index (κ1) is 12.2. The predicted molar refractivity (Wildman–Crippen MR) is 65.4 cm³/mol. The number of hydrogen-bond acceptors (Lipinski definition) is 4. The van der Waals surface area contributed by atoms with Gasteiger partial charge in [-0.2, -0.15) is 0 Å². The summed E-state index contributed by atoms with van der Waals surface area (Å²) < 4.78 is 14.0. The molecule has 4 nitrogen and oxygen atoms in total. The number of nitrogens with zero attached hydrogens (tertiary/aromatic N) is 3. The van der Waals surface area contributed by atoms with Crippen molar-refractivity contribution in [2.45, 2.75) is 38.6 Å². The van der Waals surface area contributed by atoms with Gasteiger partial charge in [-0.15, -0.1) is 0 Å². The van der Waals surface area contributed by atoms with E-state index >= 15 is 0 Å². The average Bonchev–Trinajstić information content (AvgIpc) is 2.57. The van der Waals surface area contributed by atoms with Crippen LogP contribution in [0, 0.1) is 12.7 Å². The van der Waals surface area contributed by atoms with E-state index in [0.29, 0.717) is 18.1 Å². The van der Waals surface area contributed by atoms with Crippen molar-refractivity contribution in [1.29, 1.82) is 0 Å². The Morgan fingerprint density at radius 1 is 1.41 bits per heavy atom. The maximum absolute atomic E-state index is 14.0. The minimum Gasteiger partial charge on any atom is -0.350 e. The van der Waals surface area contributed by atoms with Gasteiger partial charge in [0.25, 0.3) is 0 Å². The second-order valence-electron chi connectivity index (χ2n) is 4.53. The zero-order valence-electron chi connectivity index (χ0n) is 10.2. The molecule has 2 rings (SSSR count). The van der Waals surface area contributed by atoms with Crippen molar-refractivity contribution >= 4 is 5.82 Å². The monoisotopic (exact) mass is 238 g/mol. The summed E-state index contributed by atoms with van der Waals surface area (Å²) in [5, 5.41) is 0. The van der Waals surface area contributed by atoms with E-state index in [1.807, 2.05) is 4.90 Å². The Hall–Kier alpha value is -1.23. The molecule has 0 amide bonds. The first-order valence-electron chi connectivity index (χ1n) is 6.18. The minimum absolute atomic E-state index is 0.196. The third-order valence-corrected chi connectivity index (χ3v) is 3.37. The van der Waals surface area contributed by atoms with Crippen LogP contribution in [0.2, 0.25) is 0 Å². The first-order chi connectivity index (χ1) is 8.24. The first-order valence-corrected chi connectivity index (χ1v) is 6.18. The van der Waals surface area contributed by atoms with E-state index in [2.05, 4.69) is 9.97 Å². The van der Waals surface area contributed by atoms with Crippen LogP contribution in [0.5, 0.6) is 0 Å². The highest BCUT2D eigenvalue weighted by molar-refractivity contribution is 5.42. The van der Waals surface area contributed by atoms with Gasteiger partial charge in [-0.3, -0.25) is 0 Å². The molecule has 1 aliphatic rings. The maximum Gasteiger partial charge on any atom is 0.186 e. The van der Waals surface area contributed by atoms with Crippen LogP contribution >= 0.6 is 0 Å². The van der Waals surface area contributed by atoms with Gasteiger partial charge in [-0.25, -0.2) is 14.4 Å². The molecule has 2 heterocycles. The Morgan fingerprint density at radius 3 is 3.00 bits per heavy atom. The number of anilines is 1. The Bertz CT molecular complexity index is 383. The van der Waals surface area contributed by atoms with Gasteiger partial charge in [0.2, 0.25) is 0 Å². The SMILES string of the molecule is Cc1ncnc(N2CCCCCC2CN)c1F. The molecule has 2 N–H and O–H groups in total. The number of halogens is 1. The normalized spacial score (nSPS) is 21.4. The molecule has 1 unspecified atom stereocenters. The van der Waals surface area contributed by atoms with E-state index < -0.39 is 0 Å². The third kappa shape index (κ3) is 2.54. The van der Waals surface area contributed by atoms with Crippen LogP contribution in [0.1, 0.15) is 31.4 Å². The molecule has 0 saturated carbocycles. The van der Waals surface area contributed by atoms with Crippen molar-refractivity contribution < 1.29 is 4.39 Å². The van der Waals surface area contributed by atoms with Gasteiger partial charge in [0, 0.05) is 19.1 Å². The fourth-order valence-corrected chi connectivity index (χ4v) is 2.35. The summed E-state index contributed by atoms with van der Waals surface area (Å²) in [4.78, 5) is 9.96. The molecule has 1 aromatic heterocycles. The van der Waals surface area contributed by atoms with Gasteiger partial charge in [0.1, 0.15) is 6.33 Å². The minimum atomic E-state index is -0.312. The second-order valence-corrected chi connectivity index (χ2v) is 4.53. The molecule has 0 bridgehead atoms. The third-order valence-electron chi connectivity index (χ3n) is 3.37. The lowest BCUT2D eigenvalue weighted by Gasteiger charge is -2.30. The van der Waals surface area contributed by atoms with Crippen molar-refractivity contribution in [3.05, 3.63) is 17.8 Å². The molecule has 1 aliphatic heterocycles. The maximum atomic E-state index is 14.0. The van der Waals surface area contributed by atoms with Crippen LogP contribution < -0.4 is 10.6 Å². The largest absolute Gasteiger partial charge is 0.350 e. The Labute approximate surface area is 101 Å². The molecular formula is C12H19FN4. The van der Waals surface area contributed by atoms with Gasteiger partial charge in [-0.1, -0.05) is 12.8 Å². The molecule has 94 valence electrons. The predicted octanol–water partition coefficient (Wildman–Crippen LogP) is 1.63. The lowest BCUT2D eigenvalue weighted by molar-refractivity contribution is 0.543. The molecule has 0 spiro atoms. The smallest absolute Gasteiger partial charge is 0.186 e. The lowest BCUT2D eigenvalue weighted by Crippen LogP contribution is -2.41. The summed E-state index contributed by atoms with van der Waals surface area (Å²) in [6.07, 6.45) is 5.84. The Morgan fingerprint density at radius 2 is 2.24 bits per heavy atom. The average molecular weight is 238 g/mol. The van der Waals surface area contributed by atoms with Crippen LogP contribution in [0.3, 0.4) is 0 Å². The molecule has 1 aromatic rings. The summed E-state index contributed by atoms with van der Waals surface area (Å²) in [5.74, 6) is 0.0997. The van der Waals surface area contributed by atoms with Crippen LogP contribution in [0.15, 0.2) is 6.33 Å². The van der Waals surface area contributed by atoms with Crippen molar-refractivity contribution in [3.8, 4) is 0 Å². The van der Waals surface area contributed by atoms with Crippen molar-refractivity contribution in [2.24, 2.45) is 5.73 Å². The molecule has 1 atom stereocenters. The zero-order valence-corrected chi connectivity index (χ0v) is 10.2. The van der Waals surface area contributed by atoms with E-state index in [-0.39, 0.29) is 11.9 Å². The molecular weight excluding hydrogens is 219 g/mol. The van der Waals surface area contributed by atoms with Gasteiger partial charge in [0.15, 0.2) is 11.6 Å². The van der Waals surface area contributed by atoms with Crippen molar-refractivity contribution in [2.75, 3.05) is 18.0 Å².